The Balaban J connectivity index is 1.19. The molecular weight excluding hydrogens is 442 g/mol. The van der Waals surface area contributed by atoms with Crippen molar-refractivity contribution in [2.24, 2.45) is 5.92 Å². The van der Waals surface area contributed by atoms with Crippen molar-refractivity contribution >= 4 is 39.5 Å². The van der Waals surface area contributed by atoms with Crippen LogP contribution in [-0.4, -0.2) is 36.3 Å². The zero-order valence-electron chi connectivity index (χ0n) is 17.4. The van der Waals surface area contributed by atoms with E-state index in [1.807, 2.05) is 12.1 Å². The summed E-state index contributed by atoms with van der Waals surface area (Å²) >= 11 is 7.83. The van der Waals surface area contributed by atoms with Gasteiger partial charge in [0.2, 0.25) is 0 Å². The Morgan fingerprint density at radius 2 is 2.12 bits per heavy atom. The van der Waals surface area contributed by atoms with Gasteiger partial charge in [0, 0.05) is 41.3 Å². The van der Waals surface area contributed by atoms with Gasteiger partial charge in [0.1, 0.15) is 15.7 Å². The van der Waals surface area contributed by atoms with E-state index < -0.39 is 0 Å². The van der Waals surface area contributed by atoms with E-state index in [1.54, 1.807) is 17.5 Å². The van der Waals surface area contributed by atoms with Gasteiger partial charge in [0.15, 0.2) is 0 Å². The molecule has 6 rings (SSSR count). The molecule has 0 atom stereocenters. The molecule has 1 saturated carbocycles. The molecule has 0 bridgehead atoms. The van der Waals surface area contributed by atoms with Crippen LogP contribution in [0.1, 0.15) is 35.5 Å². The Hall–Kier alpha value is -2.81. The fourth-order valence-electron chi connectivity index (χ4n) is 4.18. The smallest absolute Gasteiger partial charge is 0.148 e. The van der Waals surface area contributed by atoms with Gasteiger partial charge >= 0.3 is 0 Å². The molecule has 9 heteroatoms. The van der Waals surface area contributed by atoms with Crippen LogP contribution in [0.3, 0.4) is 0 Å². The molecule has 0 amide bonds. The Morgan fingerprint density at radius 3 is 3.00 bits per heavy atom. The number of nitrogens with one attached hydrogen (secondary N) is 2. The van der Waals surface area contributed by atoms with E-state index in [1.165, 1.54) is 24.8 Å². The van der Waals surface area contributed by atoms with Crippen LogP contribution < -0.4 is 5.32 Å². The van der Waals surface area contributed by atoms with E-state index in [0.717, 1.165) is 56.8 Å². The maximum absolute atomic E-state index is 6.27. The molecule has 7 nitrogen and oxygen atoms in total. The molecule has 0 aliphatic heterocycles. The number of fused-ring (bicyclic) bond motifs is 2. The summed E-state index contributed by atoms with van der Waals surface area (Å²) in [4.78, 5) is 4.76. The Bertz CT molecular complexity index is 1400. The second-order valence-electron chi connectivity index (χ2n) is 8.43. The summed E-state index contributed by atoms with van der Waals surface area (Å²) in [7, 11) is 0. The first-order valence-corrected chi connectivity index (χ1v) is 12.0. The van der Waals surface area contributed by atoms with Gasteiger partial charge in [0.25, 0.3) is 0 Å². The summed E-state index contributed by atoms with van der Waals surface area (Å²) in [6.45, 7) is 2.01. The Kier molecular flexibility index (Phi) is 5.13. The van der Waals surface area contributed by atoms with Gasteiger partial charge in [-0.3, -0.25) is 5.10 Å². The number of aromatic amines is 1. The van der Waals surface area contributed by atoms with Crippen molar-refractivity contribution in [1.82, 2.24) is 35.1 Å². The largest absolute Gasteiger partial charge is 0.312 e. The van der Waals surface area contributed by atoms with Gasteiger partial charge < -0.3 is 9.72 Å². The number of benzene rings is 1. The van der Waals surface area contributed by atoms with E-state index in [2.05, 4.69) is 54.6 Å². The van der Waals surface area contributed by atoms with Gasteiger partial charge in [-0.1, -0.05) is 35.4 Å². The van der Waals surface area contributed by atoms with Crippen LogP contribution in [0.25, 0.3) is 27.1 Å². The number of pyridine rings is 1. The molecule has 162 valence electrons. The molecule has 5 aromatic rings. The van der Waals surface area contributed by atoms with Crippen molar-refractivity contribution in [2.45, 2.75) is 32.2 Å². The molecule has 2 N–H and O–H groups in total. The lowest BCUT2D eigenvalue weighted by molar-refractivity contribution is 0.301. The Morgan fingerprint density at radius 1 is 1.19 bits per heavy atom. The standard InChI is InChI=1S/C23H22ClN7S/c24-16-6-18(19-11-26-28-20(19)7-16)23-30-29-22(32-23)8-17-13-31-12-15(4-5-21(31)27-17)10-25-9-14-2-1-3-14/h4-7,11-14,25H,1-3,8-10H2,(H,26,28). The predicted octanol–water partition coefficient (Wildman–Crippen LogP) is 4.86. The lowest BCUT2D eigenvalue weighted by Crippen LogP contribution is -2.26. The molecule has 4 heterocycles. The molecular formula is C23H22ClN7S. The predicted molar refractivity (Wildman–Crippen MR) is 127 cm³/mol. The van der Waals surface area contributed by atoms with Gasteiger partial charge in [-0.15, -0.1) is 10.2 Å². The van der Waals surface area contributed by atoms with E-state index >= 15 is 0 Å². The average molecular weight is 464 g/mol. The van der Waals surface area contributed by atoms with Crippen molar-refractivity contribution in [2.75, 3.05) is 6.54 Å². The number of hydrogen-bond donors (Lipinski definition) is 2. The Labute approximate surface area is 193 Å². The van der Waals surface area contributed by atoms with E-state index in [4.69, 9.17) is 16.6 Å². The fourth-order valence-corrected chi connectivity index (χ4v) is 5.28. The summed E-state index contributed by atoms with van der Waals surface area (Å²) < 4.78 is 2.10. The highest BCUT2D eigenvalue weighted by molar-refractivity contribution is 7.14. The van der Waals surface area contributed by atoms with Crippen molar-refractivity contribution in [1.29, 1.82) is 0 Å². The lowest BCUT2D eigenvalue weighted by atomic mass is 9.85. The third-order valence-electron chi connectivity index (χ3n) is 6.10. The molecule has 0 saturated heterocycles. The molecule has 0 unspecified atom stereocenters. The third kappa shape index (κ3) is 3.90. The average Bonchev–Trinajstić information content (AvgIpc) is 3.48. The number of H-pyrrole nitrogens is 1. The normalized spacial score (nSPS) is 14.4. The highest BCUT2D eigenvalue weighted by atomic mass is 35.5. The van der Waals surface area contributed by atoms with E-state index in [0.29, 0.717) is 11.4 Å². The first kappa shape index (κ1) is 19.8. The molecule has 0 radical (unpaired) electrons. The SMILES string of the molecule is Clc1cc(-c2nnc(Cc3cn4cc(CNCC5CCC5)ccc4n3)s2)c2cn[nH]c2c1. The van der Waals surface area contributed by atoms with Crippen molar-refractivity contribution < 1.29 is 0 Å². The molecule has 1 aromatic carbocycles. The first-order valence-electron chi connectivity index (χ1n) is 10.8. The summed E-state index contributed by atoms with van der Waals surface area (Å²) in [5.74, 6) is 0.867. The highest BCUT2D eigenvalue weighted by Crippen LogP contribution is 2.33. The van der Waals surface area contributed by atoms with Crippen molar-refractivity contribution in [3.8, 4) is 10.6 Å². The van der Waals surface area contributed by atoms with E-state index in [9.17, 15) is 0 Å². The molecule has 1 aliphatic rings. The summed E-state index contributed by atoms with van der Waals surface area (Å²) in [6, 6.07) is 8.01. The monoisotopic (exact) mass is 463 g/mol. The van der Waals surface area contributed by atoms with Crippen LogP contribution in [0.2, 0.25) is 5.02 Å². The summed E-state index contributed by atoms with van der Waals surface area (Å²) in [5, 5.41) is 22.9. The fraction of sp³-hybridized carbons (Fsp3) is 0.304. The van der Waals surface area contributed by atoms with Crippen LogP contribution in [-0.2, 0) is 13.0 Å². The van der Waals surface area contributed by atoms with Gasteiger partial charge in [-0.25, -0.2) is 4.98 Å². The second-order valence-corrected chi connectivity index (χ2v) is 9.92. The van der Waals surface area contributed by atoms with Crippen LogP contribution in [0.4, 0.5) is 0 Å². The van der Waals surface area contributed by atoms with E-state index in [-0.39, 0.29) is 0 Å². The highest BCUT2D eigenvalue weighted by Gasteiger charge is 2.16. The number of aromatic nitrogens is 6. The van der Waals surface area contributed by atoms with Crippen LogP contribution in [0.15, 0.2) is 42.9 Å². The summed E-state index contributed by atoms with van der Waals surface area (Å²) in [6.07, 6.45) is 10.8. The molecule has 1 fully saturated rings. The minimum Gasteiger partial charge on any atom is -0.312 e. The topological polar surface area (TPSA) is 83.8 Å². The molecule has 32 heavy (non-hydrogen) atoms. The maximum Gasteiger partial charge on any atom is 0.148 e. The number of halogens is 1. The molecule has 4 aromatic heterocycles. The number of hydrogen-bond acceptors (Lipinski definition) is 6. The zero-order chi connectivity index (χ0) is 21.5. The lowest BCUT2D eigenvalue weighted by Gasteiger charge is -2.25. The van der Waals surface area contributed by atoms with Crippen molar-refractivity contribution in [3.05, 3.63) is 64.1 Å². The van der Waals surface area contributed by atoms with Crippen LogP contribution >= 0.6 is 22.9 Å². The van der Waals surface area contributed by atoms with Crippen molar-refractivity contribution in [3.63, 3.8) is 0 Å². The van der Waals surface area contributed by atoms with Gasteiger partial charge in [0.05, 0.1) is 17.4 Å². The van der Waals surface area contributed by atoms with Gasteiger partial charge in [-0.05, 0) is 49.1 Å². The van der Waals surface area contributed by atoms with Crippen LogP contribution in [0.5, 0.6) is 0 Å². The van der Waals surface area contributed by atoms with Gasteiger partial charge in [-0.2, -0.15) is 5.10 Å². The second kappa shape index (κ2) is 8.27. The minimum absolute atomic E-state index is 0.643. The zero-order valence-corrected chi connectivity index (χ0v) is 19.0. The maximum atomic E-state index is 6.27. The number of imidazole rings is 1. The number of nitrogens with zero attached hydrogens (tertiary/aromatic N) is 5. The third-order valence-corrected chi connectivity index (χ3v) is 7.28. The quantitative estimate of drug-likeness (QED) is 0.360. The first-order chi connectivity index (χ1) is 15.7. The molecule has 1 aliphatic carbocycles. The summed E-state index contributed by atoms with van der Waals surface area (Å²) in [5.41, 5.74) is 5.03. The minimum atomic E-state index is 0.643. The molecule has 0 spiro atoms. The number of rotatable bonds is 7. The van der Waals surface area contributed by atoms with Crippen LogP contribution in [0, 0.1) is 5.92 Å².